The first kappa shape index (κ1) is 16.1. The van der Waals surface area contributed by atoms with Crippen molar-refractivity contribution in [3.63, 3.8) is 0 Å². The van der Waals surface area contributed by atoms with E-state index >= 15 is 0 Å². The third kappa shape index (κ3) is 5.52. The van der Waals surface area contributed by atoms with Gasteiger partial charge in [-0.3, -0.25) is 0 Å². The van der Waals surface area contributed by atoms with Crippen LogP contribution < -0.4 is 10.1 Å². The summed E-state index contributed by atoms with van der Waals surface area (Å²) in [4.78, 5) is 0. The highest BCUT2D eigenvalue weighted by Crippen LogP contribution is 2.20. The molecule has 0 aromatic heterocycles. The van der Waals surface area contributed by atoms with Crippen molar-refractivity contribution in [3.05, 3.63) is 42.0 Å². The summed E-state index contributed by atoms with van der Waals surface area (Å²) in [6.45, 7) is 6.91. The Balaban J connectivity index is 1.78. The van der Waals surface area contributed by atoms with Crippen LogP contribution in [0, 0.1) is 0 Å². The fraction of sp³-hybridized carbons (Fsp3) is 0.556. The first-order valence-electron chi connectivity index (χ1n) is 7.94. The summed E-state index contributed by atoms with van der Waals surface area (Å²) >= 11 is 0. The van der Waals surface area contributed by atoms with Crippen molar-refractivity contribution in [1.82, 2.24) is 5.32 Å². The Bertz CT molecular complexity index is 435. The van der Waals surface area contributed by atoms with Crippen LogP contribution >= 0.6 is 0 Å². The van der Waals surface area contributed by atoms with Crippen LogP contribution in [0.5, 0.6) is 5.75 Å². The first-order chi connectivity index (χ1) is 10.1. The molecule has 2 N–H and O–H groups in total. The molecule has 1 fully saturated rings. The van der Waals surface area contributed by atoms with E-state index in [0.29, 0.717) is 19.2 Å². The van der Waals surface area contributed by atoms with E-state index in [0.717, 1.165) is 16.9 Å². The molecule has 3 nitrogen and oxygen atoms in total. The van der Waals surface area contributed by atoms with Gasteiger partial charge < -0.3 is 15.2 Å². The second kappa shape index (κ2) is 8.20. The number of hydrogen-bond donors (Lipinski definition) is 2. The third-order valence-electron chi connectivity index (χ3n) is 3.96. The number of aliphatic hydroxyl groups excluding tert-OH is 1. The molecule has 3 heteroatoms. The summed E-state index contributed by atoms with van der Waals surface area (Å²) in [7, 11) is 0. The van der Waals surface area contributed by atoms with Gasteiger partial charge in [0.15, 0.2) is 0 Å². The van der Waals surface area contributed by atoms with Gasteiger partial charge in [-0.25, -0.2) is 0 Å². The molecule has 1 atom stereocenters. The number of rotatable bonds is 7. The van der Waals surface area contributed by atoms with Gasteiger partial charge in [-0.05, 0) is 43.0 Å². The quantitative estimate of drug-likeness (QED) is 0.754. The van der Waals surface area contributed by atoms with E-state index in [1.807, 2.05) is 31.2 Å². The predicted octanol–water partition coefficient (Wildman–Crippen LogP) is 3.60. The van der Waals surface area contributed by atoms with E-state index in [-0.39, 0.29) is 0 Å². The molecule has 0 saturated heterocycles. The Kier molecular flexibility index (Phi) is 6.27. The van der Waals surface area contributed by atoms with Crippen LogP contribution in [0.25, 0.3) is 0 Å². The van der Waals surface area contributed by atoms with Crippen molar-refractivity contribution >= 4 is 0 Å². The standard InChI is InChI=1S/C18H27NO2/c1-14(2)13-21-17-10-8-15(9-11-17)18(20)12-19-16-6-4-3-5-7-16/h8-11,16,18-20H,1,3-7,12-13H2,2H3. The van der Waals surface area contributed by atoms with Crippen molar-refractivity contribution in [2.45, 2.75) is 51.2 Å². The molecule has 0 spiro atoms. The molecule has 0 radical (unpaired) electrons. The maximum Gasteiger partial charge on any atom is 0.119 e. The van der Waals surface area contributed by atoms with Crippen LogP contribution in [-0.2, 0) is 0 Å². The normalized spacial score (nSPS) is 17.4. The molecule has 1 saturated carbocycles. The molecule has 0 heterocycles. The average molecular weight is 289 g/mol. The molecule has 1 aliphatic carbocycles. The minimum atomic E-state index is -0.456. The van der Waals surface area contributed by atoms with Gasteiger partial charge in [0, 0.05) is 12.6 Å². The second-order valence-electron chi connectivity index (χ2n) is 6.07. The summed E-state index contributed by atoms with van der Waals surface area (Å²) in [6.07, 6.45) is 5.99. The van der Waals surface area contributed by atoms with E-state index in [9.17, 15) is 5.11 Å². The predicted molar refractivity (Wildman–Crippen MR) is 86.6 cm³/mol. The SMILES string of the molecule is C=C(C)COc1ccc(C(O)CNC2CCCCC2)cc1. The van der Waals surface area contributed by atoms with Gasteiger partial charge in [0.1, 0.15) is 12.4 Å². The van der Waals surface area contributed by atoms with Crippen molar-refractivity contribution in [3.8, 4) is 5.75 Å². The van der Waals surface area contributed by atoms with Crippen molar-refractivity contribution in [2.24, 2.45) is 0 Å². The van der Waals surface area contributed by atoms with Gasteiger partial charge in [-0.2, -0.15) is 0 Å². The van der Waals surface area contributed by atoms with Crippen molar-refractivity contribution in [1.29, 1.82) is 0 Å². The summed E-state index contributed by atoms with van der Waals surface area (Å²) in [6, 6.07) is 8.25. The molecular weight excluding hydrogens is 262 g/mol. The summed E-state index contributed by atoms with van der Waals surface area (Å²) < 4.78 is 5.56. The van der Waals surface area contributed by atoms with Crippen molar-refractivity contribution < 1.29 is 9.84 Å². The van der Waals surface area contributed by atoms with E-state index in [1.54, 1.807) is 0 Å². The zero-order valence-corrected chi connectivity index (χ0v) is 13.0. The number of nitrogens with one attached hydrogen (secondary N) is 1. The maximum absolute atomic E-state index is 10.2. The highest BCUT2D eigenvalue weighted by Gasteiger charge is 2.15. The minimum absolute atomic E-state index is 0.456. The molecule has 0 aliphatic heterocycles. The van der Waals surface area contributed by atoms with Crippen LogP contribution in [0.1, 0.15) is 50.7 Å². The first-order valence-corrected chi connectivity index (χ1v) is 7.94. The third-order valence-corrected chi connectivity index (χ3v) is 3.96. The zero-order chi connectivity index (χ0) is 15.1. The van der Waals surface area contributed by atoms with Crippen LogP contribution in [0.4, 0.5) is 0 Å². The Hall–Kier alpha value is -1.32. The minimum Gasteiger partial charge on any atom is -0.489 e. The Morgan fingerprint density at radius 1 is 1.29 bits per heavy atom. The number of benzene rings is 1. The number of ether oxygens (including phenoxy) is 1. The lowest BCUT2D eigenvalue weighted by molar-refractivity contribution is 0.165. The summed E-state index contributed by atoms with van der Waals surface area (Å²) in [5, 5.41) is 13.7. The Morgan fingerprint density at radius 2 is 1.95 bits per heavy atom. The van der Waals surface area contributed by atoms with Gasteiger partial charge in [-0.15, -0.1) is 0 Å². The monoisotopic (exact) mass is 289 g/mol. The second-order valence-corrected chi connectivity index (χ2v) is 6.07. The fourth-order valence-electron chi connectivity index (χ4n) is 2.70. The molecule has 1 aromatic rings. The molecule has 2 rings (SSSR count). The van der Waals surface area contributed by atoms with Crippen LogP contribution in [0.15, 0.2) is 36.4 Å². The van der Waals surface area contributed by atoms with Crippen LogP contribution in [-0.4, -0.2) is 24.3 Å². The van der Waals surface area contributed by atoms with Gasteiger partial charge >= 0.3 is 0 Å². The molecular formula is C18H27NO2. The van der Waals surface area contributed by atoms with Gasteiger partial charge in [0.2, 0.25) is 0 Å². The molecule has 1 aliphatic rings. The fourth-order valence-corrected chi connectivity index (χ4v) is 2.70. The van der Waals surface area contributed by atoms with E-state index in [2.05, 4.69) is 11.9 Å². The summed E-state index contributed by atoms with van der Waals surface area (Å²) in [5.41, 5.74) is 1.93. The molecule has 21 heavy (non-hydrogen) atoms. The lowest BCUT2D eigenvalue weighted by Gasteiger charge is -2.24. The number of aliphatic hydroxyl groups is 1. The van der Waals surface area contributed by atoms with Gasteiger partial charge in [0.05, 0.1) is 6.10 Å². The highest BCUT2D eigenvalue weighted by molar-refractivity contribution is 5.29. The van der Waals surface area contributed by atoms with Crippen LogP contribution in [0.3, 0.4) is 0 Å². The lowest BCUT2D eigenvalue weighted by atomic mass is 9.95. The Morgan fingerprint density at radius 3 is 2.57 bits per heavy atom. The van der Waals surface area contributed by atoms with E-state index in [1.165, 1.54) is 32.1 Å². The van der Waals surface area contributed by atoms with Crippen molar-refractivity contribution in [2.75, 3.05) is 13.2 Å². The molecule has 0 bridgehead atoms. The molecule has 116 valence electrons. The van der Waals surface area contributed by atoms with Gasteiger partial charge in [0.25, 0.3) is 0 Å². The topological polar surface area (TPSA) is 41.5 Å². The zero-order valence-electron chi connectivity index (χ0n) is 13.0. The average Bonchev–Trinajstić information content (AvgIpc) is 2.52. The largest absolute Gasteiger partial charge is 0.489 e. The van der Waals surface area contributed by atoms with E-state index in [4.69, 9.17) is 4.74 Å². The molecule has 1 unspecified atom stereocenters. The van der Waals surface area contributed by atoms with E-state index < -0.39 is 6.10 Å². The lowest BCUT2D eigenvalue weighted by Crippen LogP contribution is -2.34. The molecule has 0 amide bonds. The smallest absolute Gasteiger partial charge is 0.119 e. The number of hydrogen-bond acceptors (Lipinski definition) is 3. The van der Waals surface area contributed by atoms with Gasteiger partial charge in [-0.1, -0.05) is 38.0 Å². The molecule has 1 aromatic carbocycles. The van der Waals surface area contributed by atoms with Crippen LogP contribution in [0.2, 0.25) is 0 Å². The Labute approximate surface area is 128 Å². The summed E-state index contributed by atoms with van der Waals surface area (Å²) in [5.74, 6) is 0.814. The maximum atomic E-state index is 10.2. The highest BCUT2D eigenvalue weighted by atomic mass is 16.5.